The van der Waals surface area contributed by atoms with Crippen LogP contribution in [-0.4, -0.2) is 60.2 Å². The second kappa shape index (κ2) is 16.8. The van der Waals surface area contributed by atoms with E-state index in [2.05, 4.69) is 11.4 Å². The summed E-state index contributed by atoms with van der Waals surface area (Å²) in [5.41, 5.74) is 2.16. The third kappa shape index (κ3) is 8.58. The second-order valence-corrected chi connectivity index (χ2v) is 12.2. The molecule has 1 amide bonds. The molecule has 12 heteroatoms. The van der Waals surface area contributed by atoms with Crippen molar-refractivity contribution < 1.29 is 28.6 Å². The van der Waals surface area contributed by atoms with Gasteiger partial charge in [0.05, 0.1) is 30.5 Å². The zero-order chi connectivity index (χ0) is 35.6. The maximum absolute atomic E-state index is 13.4. The Morgan fingerprint density at radius 2 is 1.66 bits per heavy atom. The Morgan fingerprint density at radius 1 is 0.940 bits per heavy atom. The van der Waals surface area contributed by atoms with Crippen LogP contribution in [0, 0.1) is 11.3 Å². The Morgan fingerprint density at radius 3 is 2.32 bits per heavy atom. The summed E-state index contributed by atoms with van der Waals surface area (Å²) < 4.78 is 18.0. The number of nitrogens with one attached hydrogen (secondary N) is 1. The highest BCUT2D eigenvalue weighted by Crippen LogP contribution is 2.33. The summed E-state index contributed by atoms with van der Waals surface area (Å²) in [5.74, 6) is -1.24. The quantitative estimate of drug-likeness (QED) is 0.167. The van der Waals surface area contributed by atoms with Crippen molar-refractivity contribution in [3.05, 3.63) is 117 Å². The smallest absolute Gasteiger partial charge is 0.338 e. The number of anilines is 1. The molecule has 4 aromatic rings. The number of pyridine rings is 1. The third-order valence-electron chi connectivity index (χ3n) is 8.52. The Balaban J connectivity index is 1.24. The monoisotopic (exact) mass is 696 g/mol. The predicted molar refractivity (Wildman–Crippen MR) is 188 cm³/mol. The van der Waals surface area contributed by atoms with E-state index in [1.165, 1.54) is 36.1 Å². The molecule has 1 fully saturated rings. The van der Waals surface area contributed by atoms with Gasteiger partial charge in [0.15, 0.2) is 0 Å². The largest absolute Gasteiger partial charge is 0.495 e. The van der Waals surface area contributed by atoms with Crippen molar-refractivity contribution in [3.63, 3.8) is 0 Å². The fourth-order valence-corrected chi connectivity index (χ4v) is 6.02. The van der Waals surface area contributed by atoms with Crippen LogP contribution in [0.3, 0.4) is 0 Å². The van der Waals surface area contributed by atoms with Gasteiger partial charge in [-0.3, -0.25) is 23.9 Å². The minimum atomic E-state index is -0.894. The van der Waals surface area contributed by atoms with Crippen molar-refractivity contribution in [2.75, 3.05) is 32.1 Å². The highest BCUT2D eigenvalue weighted by molar-refractivity contribution is 6.31. The predicted octanol–water partition coefficient (Wildman–Crippen LogP) is 6.00. The zero-order valence-corrected chi connectivity index (χ0v) is 28.5. The molecule has 50 heavy (non-hydrogen) atoms. The molecule has 0 saturated carbocycles. The van der Waals surface area contributed by atoms with Gasteiger partial charge in [-0.25, -0.2) is 4.79 Å². The van der Waals surface area contributed by atoms with Gasteiger partial charge >= 0.3 is 11.9 Å². The van der Waals surface area contributed by atoms with Crippen LogP contribution in [0.4, 0.5) is 5.69 Å². The van der Waals surface area contributed by atoms with Gasteiger partial charge < -0.3 is 19.5 Å². The second-order valence-electron chi connectivity index (χ2n) is 11.7. The highest BCUT2D eigenvalue weighted by Gasteiger charge is 2.31. The lowest BCUT2D eigenvalue weighted by molar-refractivity contribution is -0.152. The lowest BCUT2D eigenvalue weighted by Crippen LogP contribution is -2.44. The standard InChI is InChI=1S/C38H37ClN4O7/c1-3-32(43-22-34(48-2)31(20-35(43)44)30-19-28(39)14-11-27(30)21-40)36(45)41-29-15-12-26(13-16-29)37(46)50-24-33(42-17-7-8-18-42)38(47)49-23-25-9-5-4-6-10-25/h4-6,9-16,19-20,22,32-33H,3,7-8,17-18,23-24H2,1-2H3,(H,41,45)/t32-,33-/m0/s1. The van der Waals surface area contributed by atoms with E-state index in [-0.39, 0.29) is 30.9 Å². The van der Waals surface area contributed by atoms with Gasteiger partial charge in [0.2, 0.25) is 5.91 Å². The van der Waals surface area contributed by atoms with Gasteiger partial charge in [0, 0.05) is 27.9 Å². The first-order chi connectivity index (χ1) is 24.2. The summed E-state index contributed by atoms with van der Waals surface area (Å²) in [6, 6.07) is 22.0. The Bertz CT molecular complexity index is 1930. The molecule has 11 nitrogen and oxygen atoms in total. The van der Waals surface area contributed by atoms with E-state index in [0.29, 0.717) is 40.5 Å². The van der Waals surface area contributed by atoms with E-state index < -0.39 is 35.5 Å². The molecule has 0 bridgehead atoms. The molecule has 0 unspecified atom stereocenters. The normalized spacial score (nSPS) is 13.9. The minimum Gasteiger partial charge on any atom is -0.495 e. The molecular formula is C38H37ClN4O7. The maximum atomic E-state index is 13.4. The summed E-state index contributed by atoms with van der Waals surface area (Å²) in [5, 5.41) is 12.8. The molecule has 5 rings (SSSR count). The number of amides is 1. The van der Waals surface area contributed by atoms with Crippen LogP contribution in [0.25, 0.3) is 11.1 Å². The molecule has 2 heterocycles. The van der Waals surface area contributed by atoms with Crippen LogP contribution in [0.1, 0.15) is 53.7 Å². The zero-order valence-electron chi connectivity index (χ0n) is 27.8. The number of carbonyl (C=O) groups is 3. The SMILES string of the molecule is CC[C@@H](C(=O)Nc1ccc(C(=O)OC[C@@H](C(=O)OCc2ccccc2)N2CCCC2)cc1)n1cc(OC)c(-c2cc(Cl)ccc2C#N)cc1=O. The highest BCUT2D eigenvalue weighted by atomic mass is 35.5. The Kier molecular flexibility index (Phi) is 12.0. The number of nitriles is 1. The van der Waals surface area contributed by atoms with Crippen LogP contribution in [0.5, 0.6) is 5.75 Å². The minimum absolute atomic E-state index is 0.129. The fraction of sp³-hybridized carbons (Fsp3) is 0.289. The number of likely N-dealkylation sites (tertiary alicyclic amines) is 1. The molecule has 1 saturated heterocycles. The number of ether oxygens (including phenoxy) is 3. The summed E-state index contributed by atoms with van der Waals surface area (Å²) >= 11 is 6.17. The number of carbonyl (C=O) groups excluding carboxylic acids is 3. The lowest BCUT2D eigenvalue weighted by Gasteiger charge is -2.25. The molecule has 3 aromatic carbocycles. The Hall–Kier alpha value is -5.44. The number of methoxy groups -OCH3 is 1. The average molecular weight is 697 g/mol. The number of aromatic nitrogens is 1. The topological polar surface area (TPSA) is 140 Å². The van der Waals surface area contributed by atoms with Crippen LogP contribution in [0.2, 0.25) is 5.02 Å². The summed E-state index contributed by atoms with van der Waals surface area (Å²) in [4.78, 5) is 54.7. The summed E-state index contributed by atoms with van der Waals surface area (Å²) in [6.07, 6.45) is 3.62. The van der Waals surface area contributed by atoms with Crippen molar-refractivity contribution >= 4 is 35.1 Å². The van der Waals surface area contributed by atoms with Crippen molar-refractivity contribution in [3.8, 4) is 22.9 Å². The molecule has 2 atom stereocenters. The van der Waals surface area contributed by atoms with Crippen LogP contribution >= 0.6 is 11.6 Å². The number of esters is 2. The van der Waals surface area contributed by atoms with E-state index in [1.54, 1.807) is 37.3 Å². The van der Waals surface area contributed by atoms with Gasteiger partial charge in [0.1, 0.15) is 31.0 Å². The number of halogens is 1. The number of hydrogen-bond acceptors (Lipinski definition) is 9. The molecule has 0 aliphatic carbocycles. The molecule has 0 radical (unpaired) electrons. The summed E-state index contributed by atoms with van der Waals surface area (Å²) in [6.45, 7) is 3.17. The van der Waals surface area contributed by atoms with E-state index in [0.717, 1.165) is 18.4 Å². The number of nitrogens with zero attached hydrogens (tertiary/aromatic N) is 3. The van der Waals surface area contributed by atoms with E-state index in [4.69, 9.17) is 25.8 Å². The van der Waals surface area contributed by atoms with Crippen molar-refractivity contribution in [2.24, 2.45) is 0 Å². The van der Waals surface area contributed by atoms with Crippen molar-refractivity contribution in [2.45, 2.75) is 44.9 Å². The van der Waals surface area contributed by atoms with E-state index in [1.807, 2.05) is 35.2 Å². The third-order valence-corrected chi connectivity index (χ3v) is 8.75. The molecule has 258 valence electrons. The van der Waals surface area contributed by atoms with Crippen LogP contribution in [0.15, 0.2) is 89.9 Å². The van der Waals surface area contributed by atoms with E-state index in [9.17, 15) is 24.4 Å². The molecule has 1 aliphatic rings. The van der Waals surface area contributed by atoms with Gasteiger partial charge in [-0.05, 0) is 80.4 Å². The van der Waals surface area contributed by atoms with Gasteiger partial charge in [0.25, 0.3) is 5.56 Å². The fourth-order valence-electron chi connectivity index (χ4n) is 5.84. The van der Waals surface area contributed by atoms with Gasteiger partial charge in [-0.15, -0.1) is 0 Å². The Labute approximate surface area is 294 Å². The molecule has 1 aliphatic heterocycles. The maximum Gasteiger partial charge on any atom is 0.338 e. The first kappa shape index (κ1) is 35.9. The molecule has 0 spiro atoms. The average Bonchev–Trinajstić information content (AvgIpc) is 3.67. The van der Waals surface area contributed by atoms with Crippen LogP contribution in [-0.2, 0) is 25.7 Å². The summed E-state index contributed by atoms with van der Waals surface area (Å²) in [7, 11) is 1.43. The number of benzene rings is 3. The van der Waals surface area contributed by atoms with Crippen molar-refractivity contribution in [1.29, 1.82) is 5.26 Å². The first-order valence-corrected chi connectivity index (χ1v) is 16.6. The van der Waals surface area contributed by atoms with Crippen molar-refractivity contribution in [1.82, 2.24) is 9.47 Å². The van der Waals surface area contributed by atoms with E-state index >= 15 is 0 Å². The molecular weight excluding hydrogens is 660 g/mol. The van der Waals surface area contributed by atoms with Gasteiger partial charge in [-0.1, -0.05) is 48.9 Å². The lowest BCUT2D eigenvalue weighted by atomic mass is 10.00. The van der Waals surface area contributed by atoms with Crippen LogP contribution < -0.4 is 15.6 Å². The first-order valence-electron chi connectivity index (χ1n) is 16.2. The molecule has 1 N–H and O–H groups in total. The number of rotatable bonds is 13. The van der Waals surface area contributed by atoms with Gasteiger partial charge in [-0.2, -0.15) is 5.26 Å². The molecule has 1 aromatic heterocycles. The number of hydrogen-bond donors (Lipinski definition) is 1.